The molecule has 0 radical (unpaired) electrons. The third kappa shape index (κ3) is 3.84. The zero-order valence-corrected chi connectivity index (χ0v) is 11.5. The zero-order chi connectivity index (χ0) is 14.5. The van der Waals surface area contributed by atoms with Gasteiger partial charge in [0.15, 0.2) is 0 Å². The molecule has 106 valence electrons. The molecule has 1 aromatic carbocycles. The van der Waals surface area contributed by atoms with Crippen molar-refractivity contribution in [2.45, 2.75) is 17.9 Å². The van der Waals surface area contributed by atoms with Crippen LogP contribution in [0.4, 0.5) is 8.78 Å². The minimum atomic E-state index is -0.665. The van der Waals surface area contributed by atoms with Crippen LogP contribution in [0.15, 0.2) is 45.9 Å². The smallest absolute Gasteiger partial charge is 0.230 e. The maximum Gasteiger partial charge on any atom is 0.230 e. The molecule has 0 aliphatic carbocycles. The Kier molecular flexibility index (Phi) is 4.79. The van der Waals surface area contributed by atoms with E-state index in [1.54, 1.807) is 19.1 Å². The number of halogens is 2. The highest BCUT2D eigenvalue weighted by atomic mass is 32.2. The number of carbonyl (C=O) groups excluding carboxylic acids is 1. The largest absolute Gasteiger partial charge is 0.467 e. The summed E-state index contributed by atoms with van der Waals surface area (Å²) in [4.78, 5) is 12.0. The summed E-state index contributed by atoms with van der Waals surface area (Å²) in [6.07, 6.45) is 1.53. The number of thioether (sulfide) groups is 1. The SMILES string of the molecule is C[C@H](NC(=O)CSc1ccc(F)cc1F)c1ccco1. The van der Waals surface area contributed by atoms with E-state index in [1.165, 1.54) is 12.3 Å². The van der Waals surface area contributed by atoms with E-state index in [4.69, 9.17) is 4.42 Å². The van der Waals surface area contributed by atoms with E-state index < -0.39 is 11.6 Å². The van der Waals surface area contributed by atoms with E-state index in [2.05, 4.69) is 5.32 Å². The van der Waals surface area contributed by atoms with Crippen molar-refractivity contribution in [2.24, 2.45) is 0 Å². The van der Waals surface area contributed by atoms with Crippen LogP contribution in [0.1, 0.15) is 18.7 Å². The van der Waals surface area contributed by atoms with Crippen LogP contribution >= 0.6 is 11.8 Å². The van der Waals surface area contributed by atoms with Crippen molar-refractivity contribution >= 4 is 17.7 Å². The summed E-state index contributed by atoms with van der Waals surface area (Å²) in [6.45, 7) is 1.79. The third-order valence-electron chi connectivity index (χ3n) is 2.60. The first-order chi connectivity index (χ1) is 9.56. The lowest BCUT2D eigenvalue weighted by Crippen LogP contribution is -2.27. The number of rotatable bonds is 5. The first kappa shape index (κ1) is 14.6. The van der Waals surface area contributed by atoms with Crippen molar-refractivity contribution in [3.05, 3.63) is 54.0 Å². The van der Waals surface area contributed by atoms with Gasteiger partial charge in [0.05, 0.1) is 18.1 Å². The Morgan fingerprint density at radius 3 is 2.85 bits per heavy atom. The normalized spacial score (nSPS) is 12.2. The first-order valence-corrected chi connectivity index (χ1v) is 6.95. The molecule has 0 saturated heterocycles. The quantitative estimate of drug-likeness (QED) is 0.859. The van der Waals surface area contributed by atoms with E-state index in [0.717, 1.165) is 23.9 Å². The van der Waals surface area contributed by atoms with Crippen LogP contribution in [0, 0.1) is 11.6 Å². The molecule has 1 amide bonds. The predicted molar refractivity (Wildman–Crippen MR) is 72.3 cm³/mol. The lowest BCUT2D eigenvalue weighted by atomic mass is 10.2. The summed E-state index contributed by atoms with van der Waals surface area (Å²) in [7, 11) is 0. The highest BCUT2D eigenvalue weighted by Gasteiger charge is 2.13. The fourth-order valence-electron chi connectivity index (χ4n) is 1.63. The Morgan fingerprint density at radius 1 is 1.40 bits per heavy atom. The van der Waals surface area contributed by atoms with Gasteiger partial charge < -0.3 is 9.73 Å². The number of benzene rings is 1. The molecule has 3 nitrogen and oxygen atoms in total. The van der Waals surface area contributed by atoms with Gasteiger partial charge in [0.25, 0.3) is 0 Å². The maximum atomic E-state index is 13.4. The Balaban J connectivity index is 1.86. The second-order valence-electron chi connectivity index (χ2n) is 4.17. The number of furan rings is 1. The van der Waals surface area contributed by atoms with Gasteiger partial charge >= 0.3 is 0 Å². The van der Waals surface area contributed by atoms with Gasteiger partial charge in [-0.1, -0.05) is 0 Å². The van der Waals surface area contributed by atoms with Crippen molar-refractivity contribution in [3.63, 3.8) is 0 Å². The van der Waals surface area contributed by atoms with Crippen LogP contribution in [0.3, 0.4) is 0 Å². The third-order valence-corrected chi connectivity index (χ3v) is 3.65. The Bertz CT molecular complexity index is 587. The van der Waals surface area contributed by atoms with Crippen LogP contribution in [0.5, 0.6) is 0 Å². The summed E-state index contributed by atoms with van der Waals surface area (Å²) >= 11 is 1.02. The average Bonchev–Trinajstić information content (AvgIpc) is 2.91. The fourth-order valence-corrected chi connectivity index (χ4v) is 2.36. The lowest BCUT2D eigenvalue weighted by Gasteiger charge is -2.11. The second kappa shape index (κ2) is 6.56. The van der Waals surface area contributed by atoms with Gasteiger partial charge in [-0.3, -0.25) is 4.79 Å². The predicted octanol–water partition coefficient (Wildman–Crippen LogP) is 3.53. The van der Waals surface area contributed by atoms with Crippen LogP contribution in [-0.4, -0.2) is 11.7 Å². The van der Waals surface area contributed by atoms with E-state index in [9.17, 15) is 13.6 Å². The standard InChI is InChI=1S/C14H13F2NO2S/c1-9(12-3-2-6-19-12)17-14(18)8-20-13-5-4-10(15)7-11(13)16/h2-7,9H,8H2,1H3,(H,17,18)/t9-/m0/s1. The highest BCUT2D eigenvalue weighted by Crippen LogP contribution is 2.22. The maximum absolute atomic E-state index is 13.4. The molecule has 6 heteroatoms. The zero-order valence-electron chi connectivity index (χ0n) is 10.7. The van der Waals surface area contributed by atoms with Gasteiger partial charge in [0, 0.05) is 11.0 Å². The molecule has 20 heavy (non-hydrogen) atoms. The molecule has 2 aromatic rings. The summed E-state index contributed by atoms with van der Waals surface area (Å²) < 4.78 is 31.3. The van der Waals surface area contributed by atoms with Gasteiger partial charge in [0.2, 0.25) is 5.91 Å². The van der Waals surface area contributed by atoms with Crippen LogP contribution in [0.2, 0.25) is 0 Å². The molecule has 0 aliphatic rings. The molecule has 1 heterocycles. The minimum Gasteiger partial charge on any atom is -0.467 e. The average molecular weight is 297 g/mol. The van der Waals surface area contributed by atoms with Crippen molar-refractivity contribution in [3.8, 4) is 0 Å². The summed E-state index contributed by atoms with van der Waals surface area (Å²) in [6, 6.07) is 6.52. The van der Waals surface area contributed by atoms with E-state index in [0.29, 0.717) is 5.76 Å². The van der Waals surface area contributed by atoms with E-state index >= 15 is 0 Å². The summed E-state index contributed by atoms with van der Waals surface area (Å²) in [5.41, 5.74) is 0. The Morgan fingerprint density at radius 2 is 2.20 bits per heavy atom. The highest BCUT2D eigenvalue weighted by molar-refractivity contribution is 8.00. The lowest BCUT2D eigenvalue weighted by molar-refractivity contribution is -0.119. The number of carbonyl (C=O) groups is 1. The second-order valence-corrected chi connectivity index (χ2v) is 5.19. The molecule has 0 unspecified atom stereocenters. The molecular weight excluding hydrogens is 284 g/mol. The van der Waals surface area contributed by atoms with Crippen molar-refractivity contribution in [1.29, 1.82) is 0 Å². The molecule has 0 saturated carbocycles. The number of nitrogens with one attached hydrogen (secondary N) is 1. The molecule has 2 rings (SSSR count). The Hall–Kier alpha value is -1.82. The van der Waals surface area contributed by atoms with Gasteiger partial charge in [-0.25, -0.2) is 8.78 Å². The molecule has 1 atom stereocenters. The van der Waals surface area contributed by atoms with E-state index in [1.807, 2.05) is 0 Å². The van der Waals surface area contributed by atoms with Gasteiger partial charge in [-0.05, 0) is 31.2 Å². The number of hydrogen-bond acceptors (Lipinski definition) is 3. The molecule has 0 fully saturated rings. The molecule has 1 N–H and O–H groups in total. The Labute approximate surface area is 119 Å². The van der Waals surface area contributed by atoms with Gasteiger partial charge in [-0.2, -0.15) is 0 Å². The topological polar surface area (TPSA) is 42.2 Å². The molecule has 0 spiro atoms. The monoisotopic (exact) mass is 297 g/mol. The molecule has 1 aromatic heterocycles. The van der Waals surface area contributed by atoms with Crippen molar-refractivity contribution in [1.82, 2.24) is 5.32 Å². The summed E-state index contributed by atoms with van der Waals surface area (Å²) in [5.74, 6) is -0.850. The van der Waals surface area contributed by atoms with Gasteiger partial charge in [0.1, 0.15) is 17.4 Å². The summed E-state index contributed by atoms with van der Waals surface area (Å²) in [5, 5.41) is 2.73. The van der Waals surface area contributed by atoms with Gasteiger partial charge in [-0.15, -0.1) is 11.8 Å². The van der Waals surface area contributed by atoms with Crippen LogP contribution < -0.4 is 5.32 Å². The van der Waals surface area contributed by atoms with Crippen molar-refractivity contribution < 1.29 is 18.0 Å². The number of amides is 1. The number of hydrogen-bond donors (Lipinski definition) is 1. The minimum absolute atomic E-state index is 0.0492. The molecular formula is C14H13F2NO2S. The first-order valence-electron chi connectivity index (χ1n) is 5.97. The van der Waals surface area contributed by atoms with Crippen LogP contribution in [0.25, 0.3) is 0 Å². The molecule has 0 bridgehead atoms. The molecule has 0 aliphatic heterocycles. The van der Waals surface area contributed by atoms with Crippen LogP contribution in [-0.2, 0) is 4.79 Å². The van der Waals surface area contributed by atoms with Crippen molar-refractivity contribution in [2.75, 3.05) is 5.75 Å². The van der Waals surface area contributed by atoms with E-state index in [-0.39, 0.29) is 22.6 Å². The fraction of sp³-hybridized carbons (Fsp3) is 0.214.